The van der Waals surface area contributed by atoms with E-state index in [-0.39, 0.29) is 24.2 Å². The molecule has 2 rings (SSSR count). The highest BCUT2D eigenvalue weighted by Crippen LogP contribution is 2.29. The van der Waals surface area contributed by atoms with Crippen LogP contribution in [0.1, 0.15) is 13.3 Å². The quantitative estimate of drug-likeness (QED) is 0.623. The number of nitrogens with one attached hydrogen (secondary N) is 2. The molecule has 0 saturated carbocycles. The van der Waals surface area contributed by atoms with Gasteiger partial charge >= 0.3 is 0 Å². The minimum Gasteiger partial charge on any atom is -0.497 e. The highest BCUT2D eigenvalue weighted by atomic mass is 19.1. The Morgan fingerprint density at radius 1 is 1.11 bits per heavy atom. The molecule has 2 aromatic rings. The Morgan fingerprint density at radius 2 is 1.93 bits per heavy atom. The molecule has 0 saturated heterocycles. The van der Waals surface area contributed by atoms with Crippen molar-refractivity contribution in [2.75, 3.05) is 32.7 Å². The van der Waals surface area contributed by atoms with Gasteiger partial charge in [-0.05, 0) is 31.2 Å². The Balaban J connectivity index is 1.73. The van der Waals surface area contributed by atoms with Crippen molar-refractivity contribution in [2.24, 2.45) is 0 Å². The molecule has 0 aliphatic rings. The van der Waals surface area contributed by atoms with Crippen LogP contribution >= 0.6 is 0 Å². The second-order valence-electron chi connectivity index (χ2n) is 5.98. The Kier molecular flexibility index (Phi) is 7.88. The molecule has 0 aliphatic carbocycles. The topological polar surface area (TPSA) is 68.8 Å². The monoisotopic (exact) mass is 376 g/mol. The first kappa shape index (κ1) is 20.5. The summed E-state index contributed by atoms with van der Waals surface area (Å²) in [5.74, 6) is 1.20. The van der Waals surface area contributed by atoms with Crippen LogP contribution in [0.5, 0.6) is 17.2 Å². The van der Waals surface area contributed by atoms with Gasteiger partial charge in [0.05, 0.1) is 19.9 Å². The number of hydrogen-bond acceptors (Lipinski definition) is 5. The van der Waals surface area contributed by atoms with E-state index in [0.29, 0.717) is 36.1 Å². The number of amides is 1. The first-order valence-electron chi connectivity index (χ1n) is 8.65. The molecule has 2 aromatic carbocycles. The largest absolute Gasteiger partial charge is 0.497 e. The fourth-order valence-electron chi connectivity index (χ4n) is 2.48. The third-order valence-corrected chi connectivity index (χ3v) is 3.83. The Hall–Kier alpha value is -2.80. The Bertz CT molecular complexity index is 755. The molecule has 0 radical (unpaired) electrons. The molecule has 146 valence electrons. The van der Waals surface area contributed by atoms with Crippen LogP contribution in [0.2, 0.25) is 0 Å². The van der Waals surface area contributed by atoms with Crippen molar-refractivity contribution in [2.45, 2.75) is 19.4 Å². The summed E-state index contributed by atoms with van der Waals surface area (Å²) in [6, 6.07) is 11.1. The maximum absolute atomic E-state index is 13.1. The molecular weight excluding hydrogens is 351 g/mol. The normalized spacial score (nSPS) is 11.6. The number of anilines is 1. The minimum absolute atomic E-state index is 0.0506. The lowest BCUT2D eigenvalue weighted by atomic mass is 10.2. The molecule has 0 heterocycles. The number of ether oxygens (including phenoxy) is 3. The van der Waals surface area contributed by atoms with Crippen molar-refractivity contribution < 1.29 is 23.4 Å². The molecule has 1 unspecified atom stereocenters. The van der Waals surface area contributed by atoms with Gasteiger partial charge in [0.15, 0.2) is 0 Å². The summed E-state index contributed by atoms with van der Waals surface area (Å²) in [6.07, 6.45) is 0.287. The molecule has 0 aliphatic heterocycles. The second-order valence-corrected chi connectivity index (χ2v) is 5.98. The third-order valence-electron chi connectivity index (χ3n) is 3.83. The van der Waals surface area contributed by atoms with E-state index in [2.05, 4.69) is 10.6 Å². The number of methoxy groups -OCH3 is 2. The van der Waals surface area contributed by atoms with E-state index in [1.54, 1.807) is 37.4 Å². The summed E-state index contributed by atoms with van der Waals surface area (Å²) >= 11 is 0. The number of carbonyl (C=O) groups excluding carboxylic acids is 1. The van der Waals surface area contributed by atoms with Crippen LogP contribution in [0.15, 0.2) is 42.5 Å². The predicted molar refractivity (Wildman–Crippen MR) is 102 cm³/mol. The lowest BCUT2D eigenvalue weighted by molar-refractivity contribution is -0.116. The van der Waals surface area contributed by atoms with Gasteiger partial charge in [0.25, 0.3) is 0 Å². The zero-order chi connectivity index (χ0) is 19.6. The van der Waals surface area contributed by atoms with E-state index < -0.39 is 0 Å². The van der Waals surface area contributed by atoms with E-state index >= 15 is 0 Å². The SMILES string of the molecule is COc1ccc(NC(=O)CC(C)NCCOc2cccc(F)c2)c(OC)c1. The van der Waals surface area contributed by atoms with Gasteiger partial charge in [0, 0.05) is 31.1 Å². The molecule has 6 nitrogen and oxygen atoms in total. The van der Waals surface area contributed by atoms with E-state index in [9.17, 15) is 9.18 Å². The van der Waals surface area contributed by atoms with E-state index in [4.69, 9.17) is 14.2 Å². The smallest absolute Gasteiger partial charge is 0.226 e. The van der Waals surface area contributed by atoms with Crippen molar-refractivity contribution >= 4 is 11.6 Å². The van der Waals surface area contributed by atoms with Gasteiger partial charge in [-0.1, -0.05) is 6.07 Å². The van der Waals surface area contributed by atoms with Crippen molar-refractivity contribution in [3.63, 3.8) is 0 Å². The number of carbonyl (C=O) groups is 1. The van der Waals surface area contributed by atoms with E-state index in [1.165, 1.54) is 19.2 Å². The standard InChI is InChI=1S/C20H25FN2O4/c1-14(22-9-10-27-17-6-4-5-15(21)12-17)11-20(24)23-18-8-7-16(25-2)13-19(18)26-3/h4-8,12-14,22H,9-11H2,1-3H3,(H,23,24). The van der Waals surface area contributed by atoms with Gasteiger partial charge in [-0.3, -0.25) is 4.79 Å². The molecule has 0 spiro atoms. The summed E-state index contributed by atoms with van der Waals surface area (Å²) < 4.78 is 28.9. The van der Waals surface area contributed by atoms with Gasteiger partial charge in [0.1, 0.15) is 29.7 Å². The maximum atomic E-state index is 13.1. The highest BCUT2D eigenvalue weighted by Gasteiger charge is 2.12. The predicted octanol–water partition coefficient (Wildman–Crippen LogP) is 3.23. The lowest BCUT2D eigenvalue weighted by Gasteiger charge is -2.15. The molecule has 1 atom stereocenters. The maximum Gasteiger partial charge on any atom is 0.226 e. The van der Waals surface area contributed by atoms with Crippen LogP contribution in [0.25, 0.3) is 0 Å². The molecule has 1 amide bonds. The lowest BCUT2D eigenvalue weighted by Crippen LogP contribution is -2.33. The van der Waals surface area contributed by atoms with E-state index in [1.807, 2.05) is 6.92 Å². The molecule has 2 N–H and O–H groups in total. The summed E-state index contributed by atoms with van der Waals surface area (Å²) in [5.41, 5.74) is 0.588. The average molecular weight is 376 g/mol. The highest BCUT2D eigenvalue weighted by molar-refractivity contribution is 5.92. The van der Waals surface area contributed by atoms with Crippen LogP contribution < -0.4 is 24.8 Å². The first-order valence-corrected chi connectivity index (χ1v) is 8.65. The molecule has 7 heteroatoms. The zero-order valence-corrected chi connectivity index (χ0v) is 15.8. The third kappa shape index (κ3) is 6.79. The average Bonchev–Trinajstić information content (AvgIpc) is 2.65. The number of hydrogen-bond donors (Lipinski definition) is 2. The minimum atomic E-state index is -0.334. The van der Waals surface area contributed by atoms with Gasteiger partial charge in [-0.2, -0.15) is 0 Å². The fraction of sp³-hybridized carbons (Fsp3) is 0.350. The summed E-state index contributed by atoms with van der Waals surface area (Å²) in [4.78, 5) is 12.2. The number of benzene rings is 2. The second kappa shape index (κ2) is 10.4. The van der Waals surface area contributed by atoms with Gasteiger partial charge in [0.2, 0.25) is 5.91 Å². The summed E-state index contributed by atoms with van der Waals surface area (Å²) in [5, 5.41) is 6.03. The van der Waals surface area contributed by atoms with E-state index in [0.717, 1.165) is 0 Å². The number of halogens is 1. The molecule has 27 heavy (non-hydrogen) atoms. The van der Waals surface area contributed by atoms with Crippen LogP contribution in [0.3, 0.4) is 0 Å². The summed E-state index contributed by atoms with van der Waals surface area (Å²) in [7, 11) is 3.10. The van der Waals surface area contributed by atoms with Gasteiger partial charge in [-0.25, -0.2) is 4.39 Å². The van der Waals surface area contributed by atoms with Crippen molar-refractivity contribution in [3.8, 4) is 17.2 Å². The zero-order valence-electron chi connectivity index (χ0n) is 15.8. The van der Waals surface area contributed by atoms with Gasteiger partial charge in [-0.15, -0.1) is 0 Å². The summed E-state index contributed by atoms with van der Waals surface area (Å²) in [6.45, 7) is 2.82. The van der Waals surface area contributed by atoms with Crippen LogP contribution in [0, 0.1) is 5.82 Å². The Labute approximate surface area is 158 Å². The van der Waals surface area contributed by atoms with Crippen LogP contribution in [-0.2, 0) is 4.79 Å². The molecule has 0 fully saturated rings. The van der Waals surface area contributed by atoms with Crippen LogP contribution in [0.4, 0.5) is 10.1 Å². The van der Waals surface area contributed by atoms with Crippen molar-refractivity contribution in [1.29, 1.82) is 0 Å². The van der Waals surface area contributed by atoms with Crippen LogP contribution in [-0.4, -0.2) is 39.3 Å². The Morgan fingerprint density at radius 3 is 2.63 bits per heavy atom. The molecule has 0 bridgehead atoms. The molecular formula is C20H25FN2O4. The van der Waals surface area contributed by atoms with Crippen molar-refractivity contribution in [1.82, 2.24) is 5.32 Å². The molecule has 0 aromatic heterocycles. The van der Waals surface area contributed by atoms with Gasteiger partial charge < -0.3 is 24.8 Å². The fourth-order valence-corrected chi connectivity index (χ4v) is 2.48. The van der Waals surface area contributed by atoms with Crippen molar-refractivity contribution in [3.05, 3.63) is 48.3 Å². The number of rotatable bonds is 10. The first-order chi connectivity index (χ1) is 13.0.